The summed E-state index contributed by atoms with van der Waals surface area (Å²) in [4.78, 5) is 14.5. The molecule has 0 spiro atoms. The number of hydrogen-bond donors (Lipinski definition) is 1. The fraction of sp³-hybridized carbons (Fsp3) is 0.375. The molecular formula is C24H27ClN2O2. The third kappa shape index (κ3) is 5.13. The number of ether oxygens (including phenoxy) is 1. The number of fused-ring (bicyclic) bond motifs is 1. The molecule has 0 saturated carbocycles. The number of benzene rings is 2. The summed E-state index contributed by atoms with van der Waals surface area (Å²) < 4.78 is 6.07. The molecule has 1 fully saturated rings. The maximum Gasteiger partial charge on any atom is 0.226 e. The smallest absolute Gasteiger partial charge is 0.226 e. The van der Waals surface area contributed by atoms with Crippen LogP contribution in [-0.2, 0) is 17.6 Å². The average Bonchev–Trinajstić information content (AvgIpc) is 2.74. The van der Waals surface area contributed by atoms with Gasteiger partial charge < -0.3 is 15.0 Å². The first kappa shape index (κ1) is 19.8. The molecule has 5 heteroatoms. The largest absolute Gasteiger partial charge is 0.493 e. The fourth-order valence-corrected chi connectivity index (χ4v) is 4.10. The van der Waals surface area contributed by atoms with Gasteiger partial charge in [0.2, 0.25) is 5.91 Å². The van der Waals surface area contributed by atoms with E-state index in [2.05, 4.69) is 24.0 Å². The standard InChI is InChI=1S/C24H27ClN2O2/c1-17-2-5-20-15-22(8-9-23(20)26-17)29-16-19-10-12-27(13-11-19)24(28)14-18-3-6-21(25)7-4-18/h3-4,6-9,15,19,26H,1-2,5,10-14,16H2. The van der Waals surface area contributed by atoms with Crippen LogP contribution in [0.25, 0.3) is 0 Å². The maximum absolute atomic E-state index is 12.5. The monoisotopic (exact) mass is 410 g/mol. The topological polar surface area (TPSA) is 41.6 Å². The van der Waals surface area contributed by atoms with E-state index in [9.17, 15) is 4.79 Å². The molecule has 29 heavy (non-hydrogen) atoms. The van der Waals surface area contributed by atoms with Gasteiger partial charge in [0, 0.05) is 29.5 Å². The van der Waals surface area contributed by atoms with Crippen LogP contribution in [0.15, 0.2) is 54.7 Å². The van der Waals surface area contributed by atoms with E-state index in [0.29, 0.717) is 24.0 Å². The maximum atomic E-state index is 12.5. The zero-order chi connectivity index (χ0) is 20.2. The lowest BCUT2D eigenvalue weighted by Gasteiger charge is -2.32. The van der Waals surface area contributed by atoms with Crippen molar-refractivity contribution in [3.8, 4) is 5.75 Å². The highest BCUT2D eigenvalue weighted by Gasteiger charge is 2.23. The van der Waals surface area contributed by atoms with Crippen molar-refractivity contribution in [3.05, 3.63) is 70.9 Å². The highest BCUT2D eigenvalue weighted by molar-refractivity contribution is 6.30. The molecule has 4 rings (SSSR count). The number of carbonyl (C=O) groups excluding carboxylic acids is 1. The molecule has 1 amide bonds. The Morgan fingerprint density at radius 2 is 1.90 bits per heavy atom. The number of amides is 1. The lowest BCUT2D eigenvalue weighted by Crippen LogP contribution is -2.40. The van der Waals surface area contributed by atoms with E-state index >= 15 is 0 Å². The number of hydrogen-bond acceptors (Lipinski definition) is 3. The van der Waals surface area contributed by atoms with E-state index in [0.717, 1.165) is 61.5 Å². The van der Waals surface area contributed by atoms with Crippen molar-refractivity contribution in [2.75, 3.05) is 25.0 Å². The number of aryl methyl sites for hydroxylation is 1. The summed E-state index contributed by atoms with van der Waals surface area (Å²) in [5.41, 5.74) is 4.51. The fourth-order valence-electron chi connectivity index (χ4n) is 3.98. The molecule has 0 unspecified atom stereocenters. The van der Waals surface area contributed by atoms with Crippen LogP contribution >= 0.6 is 11.6 Å². The highest BCUT2D eigenvalue weighted by Crippen LogP contribution is 2.30. The predicted octanol–water partition coefficient (Wildman–Crippen LogP) is 5.07. The second kappa shape index (κ2) is 8.91. The molecule has 2 aromatic carbocycles. The van der Waals surface area contributed by atoms with Crippen LogP contribution in [0.2, 0.25) is 5.02 Å². The van der Waals surface area contributed by atoms with Gasteiger partial charge in [-0.25, -0.2) is 0 Å². The van der Waals surface area contributed by atoms with Crippen molar-refractivity contribution in [3.63, 3.8) is 0 Å². The molecule has 152 valence electrons. The Balaban J connectivity index is 1.23. The van der Waals surface area contributed by atoms with Gasteiger partial charge in [0.05, 0.1) is 13.0 Å². The number of nitrogens with one attached hydrogen (secondary N) is 1. The second-order valence-corrected chi connectivity index (χ2v) is 8.42. The van der Waals surface area contributed by atoms with E-state index < -0.39 is 0 Å². The number of carbonyl (C=O) groups is 1. The number of allylic oxidation sites excluding steroid dienone is 1. The first-order valence-electron chi connectivity index (χ1n) is 10.3. The summed E-state index contributed by atoms with van der Waals surface area (Å²) in [6.45, 7) is 6.31. The van der Waals surface area contributed by atoms with Gasteiger partial charge in [-0.05, 0) is 73.1 Å². The number of rotatable bonds is 5. The molecule has 2 aromatic rings. The van der Waals surface area contributed by atoms with Crippen molar-refractivity contribution in [1.82, 2.24) is 4.90 Å². The van der Waals surface area contributed by atoms with Crippen LogP contribution in [0, 0.1) is 5.92 Å². The van der Waals surface area contributed by atoms with E-state index in [-0.39, 0.29) is 5.91 Å². The molecular weight excluding hydrogens is 384 g/mol. The van der Waals surface area contributed by atoms with E-state index in [1.165, 1.54) is 5.56 Å². The predicted molar refractivity (Wildman–Crippen MR) is 117 cm³/mol. The molecule has 0 radical (unpaired) electrons. The Morgan fingerprint density at radius 1 is 1.14 bits per heavy atom. The first-order valence-corrected chi connectivity index (χ1v) is 10.7. The van der Waals surface area contributed by atoms with Gasteiger partial charge in [-0.15, -0.1) is 0 Å². The number of likely N-dealkylation sites (tertiary alicyclic amines) is 1. The van der Waals surface area contributed by atoms with E-state index in [1.807, 2.05) is 35.2 Å². The van der Waals surface area contributed by atoms with Crippen LogP contribution in [0.4, 0.5) is 5.69 Å². The molecule has 0 aliphatic carbocycles. The number of nitrogens with zero attached hydrogens (tertiary/aromatic N) is 1. The normalized spacial score (nSPS) is 16.9. The molecule has 0 bridgehead atoms. The van der Waals surface area contributed by atoms with Gasteiger partial charge >= 0.3 is 0 Å². The van der Waals surface area contributed by atoms with E-state index in [1.54, 1.807) is 0 Å². The SMILES string of the molecule is C=C1CCc2cc(OCC3CCN(C(=O)Cc4ccc(Cl)cc4)CC3)ccc2N1. The third-order valence-electron chi connectivity index (χ3n) is 5.81. The van der Waals surface area contributed by atoms with Crippen LogP contribution in [0.1, 0.15) is 30.4 Å². The summed E-state index contributed by atoms with van der Waals surface area (Å²) in [7, 11) is 0. The second-order valence-electron chi connectivity index (χ2n) is 7.99. The van der Waals surface area contributed by atoms with Gasteiger partial charge in [-0.3, -0.25) is 4.79 Å². The van der Waals surface area contributed by atoms with Crippen LogP contribution in [0.3, 0.4) is 0 Å². The Bertz CT molecular complexity index is 886. The van der Waals surface area contributed by atoms with Crippen molar-refractivity contribution < 1.29 is 9.53 Å². The summed E-state index contributed by atoms with van der Waals surface area (Å²) in [6.07, 6.45) is 4.39. The molecule has 1 N–H and O–H groups in total. The van der Waals surface area contributed by atoms with Crippen molar-refractivity contribution in [1.29, 1.82) is 0 Å². The minimum absolute atomic E-state index is 0.190. The highest BCUT2D eigenvalue weighted by atomic mass is 35.5. The summed E-state index contributed by atoms with van der Waals surface area (Å²) in [6, 6.07) is 13.7. The van der Waals surface area contributed by atoms with Crippen LogP contribution in [-0.4, -0.2) is 30.5 Å². The van der Waals surface area contributed by atoms with Crippen LogP contribution in [0.5, 0.6) is 5.75 Å². The van der Waals surface area contributed by atoms with Crippen molar-refractivity contribution in [2.24, 2.45) is 5.92 Å². The zero-order valence-electron chi connectivity index (χ0n) is 16.6. The number of piperidine rings is 1. The summed E-state index contributed by atoms with van der Waals surface area (Å²) >= 11 is 5.91. The first-order chi connectivity index (χ1) is 14.1. The molecule has 1 saturated heterocycles. The minimum atomic E-state index is 0.190. The van der Waals surface area contributed by atoms with E-state index in [4.69, 9.17) is 16.3 Å². The summed E-state index contributed by atoms with van der Waals surface area (Å²) in [5, 5.41) is 4.03. The molecule has 4 nitrogen and oxygen atoms in total. The number of anilines is 1. The van der Waals surface area contributed by atoms with Crippen molar-refractivity contribution in [2.45, 2.75) is 32.1 Å². The molecule has 0 atom stereocenters. The van der Waals surface area contributed by atoms with Gasteiger partial charge in [0.15, 0.2) is 0 Å². The lowest BCUT2D eigenvalue weighted by molar-refractivity contribution is -0.132. The molecule has 2 aliphatic rings. The third-order valence-corrected chi connectivity index (χ3v) is 6.06. The zero-order valence-corrected chi connectivity index (χ0v) is 17.4. The van der Waals surface area contributed by atoms with Gasteiger partial charge in [0.1, 0.15) is 5.75 Å². The Morgan fingerprint density at radius 3 is 2.66 bits per heavy atom. The molecule has 0 aromatic heterocycles. The Hall–Kier alpha value is -2.46. The minimum Gasteiger partial charge on any atom is -0.493 e. The summed E-state index contributed by atoms with van der Waals surface area (Å²) in [5.74, 6) is 1.61. The molecule has 2 aliphatic heterocycles. The Labute approximate surface area is 177 Å². The number of halogens is 1. The van der Waals surface area contributed by atoms with Crippen molar-refractivity contribution >= 4 is 23.2 Å². The lowest BCUT2D eigenvalue weighted by atomic mass is 9.97. The van der Waals surface area contributed by atoms with Gasteiger partial charge in [-0.2, -0.15) is 0 Å². The Kier molecular flexibility index (Phi) is 6.10. The van der Waals surface area contributed by atoms with Gasteiger partial charge in [-0.1, -0.05) is 30.3 Å². The van der Waals surface area contributed by atoms with Crippen LogP contribution < -0.4 is 10.1 Å². The average molecular weight is 411 g/mol. The van der Waals surface area contributed by atoms with Gasteiger partial charge in [0.25, 0.3) is 0 Å². The quantitative estimate of drug-likeness (QED) is 0.748. The molecule has 2 heterocycles.